The Morgan fingerprint density at radius 3 is 2.42 bits per heavy atom. The Bertz CT molecular complexity index is 279. The lowest BCUT2D eigenvalue weighted by molar-refractivity contribution is 0.674. The number of rotatable bonds is 2. The van der Waals surface area contributed by atoms with Gasteiger partial charge in [0.15, 0.2) is 23.0 Å². The van der Waals surface area contributed by atoms with E-state index in [1.165, 1.54) is 0 Å². The van der Waals surface area contributed by atoms with Crippen molar-refractivity contribution < 1.29 is 3.07 Å². The van der Waals surface area contributed by atoms with Crippen molar-refractivity contribution in [1.29, 1.82) is 0 Å². The normalized spacial score (nSPS) is 11.4. The standard InChI is InChI=1S/C9H8BrIO/c1-2-9(12-11)7-3-5-8(10)6-4-7/h2-6H,1H3/b9-2-. The average molecular weight is 339 g/mol. The fraction of sp³-hybridized carbons (Fsp3) is 0.111. The van der Waals surface area contributed by atoms with Crippen molar-refractivity contribution in [1.82, 2.24) is 0 Å². The summed E-state index contributed by atoms with van der Waals surface area (Å²) in [6, 6.07) is 8.01. The van der Waals surface area contributed by atoms with Gasteiger partial charge in [0.1, 0.15) is 5.76 Å². The lowest BCUT2D eigenvalue weighted by Crippen LogP contribution is -1.81. The molecule has 0 saturated carbocycles. The van der Waals surface area contributed by atoms with Crippen molar-refractivity contribution in [2.45, 2.75) is 6.92 Å². The first kappa shape index (κ1) is 10.1. The zero-order valence-corrected chi connectivity index (χ0v) is 10.3. The lowest BCUT2D eigenvalue weighted by atomic mass is 10.2. The molecule has 0 N–H and O–H groups in total. The Morgan fingerprint density at radius 1 is 1.42 bits per heavy atom. The van der Waals surface area contributed by atoms with Crippen LogP contribution in [0.15, 0.2) is 34.8 Å². The molecule has 0 aliphatic heterocycles. The molecule has 0 aromatic heterocycles. The minimum atomic E-state index is 0.892. The molecule has 1 aromatic carbocycles. The van der Waals surface area contributed by atoms with Crippen LogP contribution in [0.5, 0.6) is 0 Å². The molecule has 0 fully saturated rings. The number of halogens is 2. The summed E-state index contributed by atoms with van der Waals surface area (Å²) in [6.45, 7) is 1.95. The third kappa shape index (κ3) is 2.48. The van der Waals surface area contributed by atoms with Crippen LogP contribution in [0, 0.1) is 0 Å². The molecule has 1 nitrogen and oxygen atoms in total. The van der Waals surface area contributed by atoms with Crippen LogP contribution in [0.3, 0.4) is 0 Å². The highest BCUT2D eigenvalue weighted by atomic mass is 127. The molecule has 3 heteroatoms. The van der Waals surface area contributed by atoms with Gasteiger partial charge >= 0.3 is 0 Å². The van der Waals surface area contributed by atoms with E-state index >= 15 is 0 Å². The summed E-state index contributed by atoms with van der Waals surface area (Å²) in [4.78, 5) is 0. The van der Waals surface area contributed by atoms with E-state index in [4.69, 9.17) is 3.07 Å². The van der Waals surface area contributed by atoms with Crippen molar-refractivity contribution in [3.8, 4) is 0 Å². The van der Waals surface area contributed by atoms with Crippen LogP contribution in [0.2, 0.25) is 0 Å². The van der Waals surface area contributed by atoms with E-state index < -0.39 is 0 Å². The molecule has 64 valence electrons. The van der Waals surface area contributed by atoms with Gasteiger partial charge in [0.05, 0.1) is 0 Å². The van der Waals surface area contributed by atoms with Gasteiger partial charge in [-0.1, -0.05) is 28.1 Å². The van der Waals surface area contributed by atoms with Gasteiger partial charge in [-0.3, -0.25) is 0 Å². The highest BCUT2D eigenvalue weighted by molar-refractivity contribution is 14.1. The molecule has 0 bridgehead atoms. The molecule has 0 saturated heterocycles. The summed E-state index contributed by atoms with van der Waals surface area (Å²) >= 11 is 5.26. The first-order valence-corrected chi connectivity index (χ1v) is 5.16. The maximum Gasteiger partial charge on any atom is 0.192 e. The summed E-state index contributed by atoms with van der Waals surface area (Å²) in [7, 11) is 0. The Labute approximate surface area is 94.6 Å². The van der Waals surface area contributed by atoms with Gasteiger partial charge in [-0.25, -0.2) is 0 Å². The Morgan fingerprint density at radius 2 is 2.00 bits per heavy atom. The van der Waals surface area contributed by atoms with Crippen LogP contribution in [0.1, 0.15) is 12.5 Å². The first-order chi connectivity index (χ1) is 5.77. The van der Waals surface area contributed by atoms with E-state index in [1.807, 2.05) is 60.3 Å². The van der Waals surface area contributed by atoms with Gasteiger partial charge < -0.3 is 3.07 Å². The molecule has 0 amide bonds. The summed E-state index contributed by atoms with van der Waals surface area (Å²) in [5.74, 6) is 0.892. The van der Waals surface area contributed by atoms with Crippen LogP contribution >= 0.6 is 38.9 Å². The summed E-state index contributed by atoms with van der Waals surface area (Å²) in [5.41, 5.74) is 1.09. The average Bonchev–Trinajstić information content (AvgIpc) is 2.10. The maximum atomic E-state index is 5.14. The highest BCUT2D eigenvalue weighted by Crippen LogP contribution is 2.20. The van der Waals surface area contributed by atoms with Crippen LogP contribution < -0.4 is 0 Å². The molecule has 1 aromatic rings. The van der Waals surface area contributed by atoms with Gasteiger partial charge in [0, 0.05) is 10.0 Å². The monoisotopic (exact) mass is 338 g/mol. The molecule has 0 unspecified atom stereocenters. The van der Waals surface area contributed by atoms with E-state index in [0.29, 0.717) is 0 Å². The number of allylic oxidation sites excluding steroid dienone is 1. The van der Waals surface area contributed by atoms with Gasteiger partial charge in [-0.15, -0.1) is 0 Å². The smallest absolute Gasteiger partial charge is 0.192 e. The molecule has 0 aliphatic rings. The van der Waals surface area contributed by atoms with Gasteiger partial charge in [0.2, 0.25) is 0 Å². The molecular formula is C9H8BrIO. The Balaban J connectivity index is 2.96. The summed E-state index contributed by atoms with van der Waals surface area (Å²) in [5, 5.41) is 0. The summed E-state index contributed by atoms with van der Waals surface area (Å²) in [6.07, 6.45) is 1.94. The topological polar surface area (TPSA) is 9.23 Å². The van der Waals surface area contributed by atoms with Gasteiger partial charge in [-0.2, -0.15) is 0 Å². The molecule has 12 heavy (non-hydrogen) atoms. The third-order valence-corrected chi connectivity index (χ3v) is 2.48. The van der Waals surface area contributed by atoms with E-state index in [9.17, 15) is 0 Å². The zero-order chi connectivity index (χ0) is 8.97. The molecule has 0 heterocycles. The SMILES string of the molecule is C/C=C(\OI)c1ccc(Br)cc1. The zero-order valence-electron chi connectivity index (χ0n) is 6.55. The second kappa shape index (κ2) is 4.87. The van der Waals surface area contributed by atoms with E-state index in [-0.39, 0.29) is 0 Å². The lowest BCUT2D eigenvalue weighted by Gasteiger charge is -2.02. The number of benzene rings is 1. The van der Waals surface area contributed by atoms with Crippen molar-refractivity contribution in [2.75, 3.05) is 0 Å². The highest BCUT2D eigenvalue weighted by Gasteiger charge is 1.98. The van der Waals surface area contributed by atoms with E-state index in [2.05, 4.69) is 15.9 Å². The fourth-order valence-corrected chi connectivity index (χ4v) is 1.64. The molecule has 0 radical (unpaired) electrons. The number of hydrogen-bond donors (Lipinski definition) is 0. The third-order valence-electron chi connectivity index (χ3n) is 1.47. The molecular weight excluding hydrogens is 331 g/mol. The predicted octanol–water partition coefficient (Wildman–Crippen LogP) is 4.18. The van der Waals surface area contributed by atoms with Crippen LogP contribution in [-0.4, -0.2) is 0 Å². The quantitative estimate of drug-likeness (QED) is 0.580. The Hall–Kier alpha value is -0.0300. The van der Waals surface area contributed by atoms with E-state index in [1.54, 1.807) is 0 Å². The van der Waals surface area contributed by atoms with Crippen molar-refractivity contribution in [3.05, 3.63) is 40.4 Å². The van der Waals surface area contributed by atoms with Gasteiger partial charge in [-0.05, 0) is 25.1 Å². The maximum absolute atomic E-state index is 5.14. The van der Waals surface area contributed by atoms with Crippen LogP contribution in [0.4, 0.5) is 0 Å². The molecule has 0 aliphatic carbocycles. The minimum Gasteiger partial charge on any atom is -0.427 e. The van der Waals surface area contributed by atoms with Crippen molar-refractivity contribution in [2.24, 2.45) is 0 Å². The second-order valence-electron chi connectivity index (χ2n) is 2.24. The molecule has 1 rings (SSSR count). The van der Waals surface area contributed by atoms with Crippen molar-refractivity contribution in [3.63, 3.8) is 0 Å². The largest absolute Gasteiger partial charge is 0.427 e. The minimum absolute atomic E-state index is 0.892. The second-order valence-corrected chi connectivity index (χ2v) is 3.59. The van der Waals surface area contributed by atoms with Crippen molar-refractivity contribution >= 4 is 44.7 Å². The number of hydrogen-bond acceptors (Lipinski definition) is 1. The first-order valence-electron chi connectivity index (χ1n) is 3.48. The summed E-state index contributed by atoms with van der Waals surface area (Å²) < 4.78 is 6.22. The molecule has 0 atom stereocenters. The molecule has 0 spiro atoms. The fourth-order valence-electron chi connectivity index (χ4n) is 0.870. The van der Waals surface area contributed by atoms with E-state index in [0.717, 1.165) is 15.8 Å². The van der Waals surface area contributed by atoms with Crippen LogP contribution in [0.25, 0.3) is 5.76 Å². The predicted molar refractivity (Wildman–Crippen MR) is 62.9 cm³/mol. The Kier molecular flexibility index (Phi) is 4.08. The van der Waals surface area contributed by atoms with Gasteiger partial charge in [0.25, 0.3) is 0 Å². The van der Waals surface area contributed by atoms with Crippen LogP contribution in [-0.2, 0) is 3.07 Å².